The second-order valence-electron chi connectivity index (χ2n) is 9.88. The molecule has 7 nitrogen and oxygen atoms in total. The summed E-state index contributed by atoms with van der Waals surface area (Å²) >= 11 is 6.08. The molecule has 3 N–H and O–H groups in total. The van der Waals surface area contributed by atoms with Crippen LogP contribution in [-0.2, 0) is 11.3 Å². The maximum Gasteiger partial charge on any atom is 0.258 e. The number of nitrogens with one attached hydrogen (secondary N) is 1. The Morgan fingerprint density at radius 2 is 1.95 bits per heavy atom. The largest absolute Gasteiger partial charge is 0.495 e. The highest BCUT2D eigenvalue weighted by molar-refractivity contribution is 6.34. The van der Waals surface area contributed by atoms with Crippen LogP contribution in [0.5, 0.6) is 5.75 Å². The molecule has 0 aromatic heterocycles. The van der Waals surface area contributed by atoms with Crippen molar-refractivity contribution in [1.82, 2.24) is 0 Å². The average Bonchev–Trinajstić information content (AvgIpc) is 3.24. The number of hydrogen-bond donors (Lipinski definition) is 2. The second-order valence-corrected chi connectivity index (χ2v) is 10.3. The van der Waals surface area contributed by atoms with Gasteiger partial charge in [-0.3, -0.25) is 9.59 Å². The first kappa shape index (κ1) is 26.2. The number of amides is 2. The van der Waals surface area contributed by atoms with E-state index < -0.39 is 11.7 Å². The zero-order chi connectivity index (χ0) is 26.9. The van der Waals surface area contributed by atoms with Crippen molar-refractivity contribution in [3.63, 3.8) is 0 Å². The molecule has 0 radical (unpaired) electrons. The highest BCUT2D eigenvalue weighted by Gasteiger charge is 2.46. The van der Waals surface area contributed by atoms with Gasteiger partial charge in [0.25, 0.3) is 11.8 Å². The molecule has 1 spiro atoms. The molecule has 1 heterocycles. The third kappa shape index (κ3) is 4.87. The van der Waals surface area contributed by atoms with E-state index in [9.17, 15) is 14.0 Å². The predicted octanol–water partition coefficient (Wildman–Crippen LogP) is 5.76. The smallest absolute Gasteiger partial charge is 0.258 e. The number of para-hydroxylation sites is 1. The van der Waals surface area contributed by atoms with Crippen LogP contribution >= 0.6 is 11.6 Å². The SMILES string of the molecule is COc1cc(C(=O)N2CCC3(CCCC3ON)Cc3ccccc32)ccc1NC(=O)c1cc(F)ccc1Cl. The van der Waals surface area contributed by atoms with E-state index in [1.165, 1.54) is 19.2 Å². The molecule has 2 atom stereocenters. The van der Waals surface area contributed by atoms with E-state index in [-0.39, 0.29) is 28.0 Å². The first-order valence-corrected chi connectivity index (χ1v) is 12.9. The van der Waals surface area contributed by atoms with Crippen LogP contribution in [0, 0.1) is 11.2 Å². The molecule has 1 aliphatic heterocycles. The normalized spacial score (nSPS) is 20.6. The van der Waals surface area contributed by atoms with Gasteiger partial charge in [0.15, 0.2) is 0 Å². The summed E-state index contributed by atoms with van der Waals surface area (Å²) in [5, 5.41) is 2.82. The van der Waals surface area contributed by atoms with Crippen LogP contribution in [0.1, 0.15) is 52.0 Å². The van der Waals surface area contributed by atoms with Gasteiger partial charge in [-0.2, -0.15) is 0 Å². The number of carbonyl (C=O) groups excluding carboxylic acids is 2. The van der Waals surface area contributed by atoms with Crippen molar-refractivity contribution in [3.05, 3.63) is 88.2 Å². The Balaban J connectivity index is 1.42. The molecule has 5 rings (SSSR count). The Labute approximate surface area is 225 Å². The van der Waals surface area contributed by atoms with E-state index in [0.717, 1.165) is 49.4 Å². The van der Waals surface area contributed by atoms with Crippen molar-refractivity contribution >= 4 is 34.8 Å². The first-order valence-electron chi connectivity index (χ1n) is 12.5. The second kappa shape index (κ2) is 10.7. The highest BCUT2D eigenvalue weighted by atomic mass is 35.5. The molecule has 198 valence electrons. The van der Waals surface area contributed by atoms with Crippen LogP contribution in [0.25, 0.3) is 0 Å². The monoisotopic (exact) mass is 537 g/mol. The molecule has 3 aromatic carbocycles. The lowest BCUT2D eigenvalue weighted by atomic mass is 9.76. The lowest BCUT2D eigenvalue weighted by Crippen LogP contribution is -2.38. The summed E-state index contributed by atoms with van der Waals surface area (Å²) < 4.78 is 19.2. The molecule has 2 amide bonds. The molecule has 38 heavy (non-hydrogen) atoms. The first-order chi connectivity index (χ1) is 18.3. The van der Waals surface area contributed by atoms with Crippen LogP contribution < -0.4 is 20.9 Å². The highest BCUT2D eigenvalue weighted by Crippen LogP contribution is 2.48. The fraction of sp³-hybridized carbons (Fsp3) is 0.310. The molecule has 1 fully saturated rings. The number of anilines is 2. The van der Waals surface area contributed by atoms with Gasteiger partial charge in [-0.25, -0.2) is 10.3 Å². The summed E-state index contributed by atoms with van der Waals surface area (Å²) in [6, 6.07) is 16.3. The molecule has 2 unspecified atom stereocenters. The Bertz CT molecular complexity index is 1380. The third-order valence-corrected chi connectivity index (χ3v) is 8.09. The summed E-state index contributed by atoms with van der Waals surface area (Å²) in [7, 11) is 1.45. The number of halogens is 2. The molecule has 3 aromatic rings. The van der Waals surface area contributed by atoms with Gasteiger partial charge in [-0.05, 0) is 73.7 Å². The molecule has 0 saturated heterocycles. The number of methoxy groups -OCH3 is 1. The van der Waals surface area contributed by atoms with Crippen molar-refractivity contribution in [2.45, 2.75) is 38.2 Å². The van der Waals surface area contributed by atoms with Gasteiger partial charge in [0.2, 0.25) is 0 Å². The number of rotatable bonds is 5. The Hall–Kier alpha value is -3.46. The topological polar surface area (TPSA) is 93.9 Å². The van der Waals surface area contributed by atoms with Gasteiger partial charge in [0.05, 0.1) is 29.5 Å². The lowest BCUT2D eigenvalue weighted by Gasteiger charge is -2.33. The van der Waals surface area contributed by atoms with Crippen molar-refractivity contribution < 1.29 is 23.6 Å². The van der Waals surface area contributed by atoms with E-state index >= 15 is 0 Å². The summed E-state index contributed by atoms with van der Waals surface area (Å²) in [6.45, 7) is 0.522. The number of nitrogens with two attached hydrogens (primary N) is 1. The van der Waals surface area contributed by atoms with E-state index in [1.807, 2.05) is 18.2 Å². The zero-order valence-corrected chi connectivity index (χ0v) is 21.8. The van der Waals surface area contributed by atoms with Gasteiger partial charge in [-0.15, -0.1) is 0 Å². The van der Waals surface area contributed by atoms with E-state index in [1.54, 1.807) is 23.1 Å². The Morgan fingerprint density at radius 1 is 1.13 bits per heavy atom. The standard InChI is InChI=1S/C29H29ClFN3O4/c1-37-25-15-18(8-11-23(25)33-27(35)21-16-20(31)9-10-22(21)30)28(36)34-14-13-29(12-4-7-26(29)38-32)17-19-5-2-3-6-24(19)34/h2-3,5-6,8-11,15-16,26H,4,7,12-14,17,32H2,1H3,(H,33,35). The molecule has 1 saturated carbocycles. The molecular formula is C29H29ClFN3O4. The van der Waals surface area contributed by atoms with E-state index in [2.05, 4.69) is 11.4 Å². The van der Waals surface area contributed by atoms with Crippen LogP contribution in [0.3, 0.4) is 0 Å². The minimum Gasteiger partial charge on any atom is -0.495 e. The van der Waals surface area contributed by atoms with Gasteiger partial charge >= 0.3 is 0 Å². The van der Waals surface area contributed by atoms with Gasteiger partial charge in [-0.1, -0.05) is 36.2 Å². The summed E-state index contributed by atoms with van der Waals surface area (Å²) in [4.78, 5) is 33.8. The molecule has 2 aliphatic rings. The van der Waals surface area contributed by atoms with Gasteiger partial charge in [0.1, 0.15) is 11.6 Å². The number of carbonyl (C=O) groups is 2. The number of nitrogens with zero attached hydrogens (tertiary/aromatic N) is 1. The van der Waals surface area contributed by atoms with Gasteiger partial charge < -0.3 is 19.8 Å². The summed E-state index contributed by atoms with van der Waals surface area (Å²) in [6.07, 6.45) is 4.49. The maximum absolute atomic E-state index is 13.8. The lowest BCUT2D eigenvalue weighted by molar-refractivity contribution is -0.0257. The molecule has 1 aliphatic carbocycles. The minimum atomic E-state index is -0.591. The van der Waals surface area contributed by atoms with Crippen LogP contribution in [-0.4, -0.2) is 31.6 Å². The summed E-state index contributed by atoms with van der Waals surface area (Å²) in [5.74, 6) is 4.63. The van der Waals surface area contributed by atoms with Crippen molar-refractivity contribution in [1.29, 1.82) is 0 Å². The molecular weight excluding hydrogens is 509 g/mol. The van der Waals surface area contributed by atoms with E-state index in [4.69, 9.17) is 27.1 Å². The predicted molar refractivity (Wildman–Crippen MR) is 144 cm³/mol. The Morgan fingerprint density at radius 3 is 2.74 bits per heavy atom. The third-order valence-electron chi connectivity index (χ3n) is 7.76. The van der Waals surface area contributed by atoms with E-state index in [0.29, 0.717) is 23.5 Å². The quantitative estimate of drug-likeness (QED) is 0.403. The van der Waals surface area contributed by atoms with Crippen LogP contribution in [0.15, 0.2) is 60.7 Å². The number of hydrogen-bond acceptors (Lipinski definition) is 5. The number of ether oxygens (including phenoxy) is 1. The summed E-state index contributed by atoms with van der Waals surface area (Å²) in [5.41, 5.74) is 2.59. The fourth-order valence-electron chi connectivity index (χ4n) is 5.81. The minimum absolute atomic E-state index is 0.00403. The zero-order valence-electron chi connectivity index (χ0n) is 21.0. The molecule has 0 bridgehead atoms. The van der Waals surface area contributed by atoms with Crippen LogP contribution in [0.2, 0.25) is 5.02 Å². The number of benzene rings is 3. The maximum atomic E-state index is 13.8. The fourth-order valence-corrected chi connectivity index (χ4v) is 6.01. The average molecular weight is 538 g/mol. The van der Waals surface area contributed by atoms with Crippen molar-refractivity contribution in [2.24, 2.45) is 11.3 Å². The van der Waals surface area contributed by atoms with Crippen molar-refractivity contribution in [2.75, 3.05) is 23.9 Å². The van der Waals surface area contributed by atoms with Crippen LogP contribution in [0.4, 0.5) is 15.8 Å². The van der Waals surface area contributed by atoms with Crippen molar-refractivity contribution in [3.8, 4) is 5.75 Å². The Kier molecular flexibility index (Phi) is 7.38. The molecule has 9 heteroatoms. The van der Waals surface area contributed by atoms with Gasteiger partial charge in [0, 0.05) is 23.2 Å². The number of fused-ring (bicyclic) bond motifs is 1.